The molecule has 0 bridgehead atoms. The first kappa shape index (κ1) is 15.3. The number of ether oxygens (including phenoxy) is 2. The third kappa shape index (κ3) is 3.93. The number of aromatic nitrogens is 1. The molecule has 21 heavy (non-hydrogen) atoms. The summed E-state index contributed by atoms with van der Waals surface area (Å²) in [4.78, 5) is 4.15. The van der Waals surface area contributed by atoms with Gasteiger partial charge in [-0.1, -0.05) is 12.1 Å². The first-order chi connectivity index (χ1) is 9.90. The molecule has 0 aliphatic heterocycles. The molecule has 0 atom stereocenters. The van der Waals surface area contributed by atoms with E-state index in [0.29, 0.717) is 11.6 Å². The monoisotopic (exact) mass is 308 g/mol. The molecule has 0 amide bonds. The zero-order chi connectivity index (χ0) is 15.5. The van der Waals surface area contributed by atoms with E-state index in [1.165, 1.54) is 13.2 Å². The van der Waals surface area contributed by atoms with E-state index in [-0.39, 0.29) is 17.3 Å². The minimum absolute atomic E-state index is 0.0367. The second-order valence-corrected chi connectivity index (χ2v) is 5.99. The number of pyridine rings is 1. The van der Waals surface area contributed by atoms with Gasteiger partial charge in [-0.3, -0.25) is 0 Å². The van der Waals surface area contributed by atoms with Crippen molar-refractivity contribution in [3.8, 4) is 11.6 Å². The van der Waals surface area contributed by atoms with E-state index in [0.717, 1.165) is 5.56 Å². The van der Waals surface area contributed by atoms with Gasteiger partial charge in [0.1, 0.15) is 17.3 Å². The van der Waals surface area contributed by atoms with Crippen LogP contribution < -0.4 is 14.6 Å². The summed E-state index contributed by atoms with van der Waals surface area (Å²) in [5.74, 6) is 0.666. The van der Waals surface area contributed by atoms with Crippen molar-refractivity contribution in [1.29, 1.82) is 0 Å². The highest BCUT2D eigenvalue weighted by Gasteiger charge is 2.15. The molecule has 2 rings (SSSR count). The van der Waals surface area contributed by atoms with E-state index < -0.39 is 10.0 Å². The number of nitrogens with zero attached hydrogens (tertiary/aromatic N) is 1. The first-order valence-electron chi connectivity index (χ1n) is 6.16. The van der Waals surface area contributed by atoms with Crippen LogP contribution in [0, 0.1) is 6.92 Å². The van der Waals surface area contributed by atoms with Crippen molar-refractivity contribution < 1.29 is 17.9 Å². The molecule has 0 fully saturated rings. The number of hydrogen-bond donors (Lipinski definition) is 1. The second kappa shape index (κ2) is 6.11. The average molecular weight is 308 g/mol. The highest BCUT2D eigenvalue weighted by molar-refractivity contribution is 7.89. The number of benzene rings is 1. The number of primary sulfonamides is 1. The van der Waals surface area contributed by atoms with Gasteiger partial charge >= 0.3 is 0 Å². The molecule has 0 aliphatic rings. The minimum atomic E-state index is -3.84. The number of nitrogens with two attached hydrogens (primary N) is 1. The third-order valence-electron chi connectivity index (χ3n) is 2.77. The van der Waals surface area contributed by atoms with Crippen molar-refractivity contribution >= 4 is 10.0 Å². The highest BCUT2D eigenvalue weighted by Crippen LogP contribution is 2.24. The molecule has 6 nitrogen and oxygen atoms in total. The Kier molecular flexibility index (Phi) is 4.44. The molecule has 0 radical (unpaired) electrons. The van der Waals surface area contributed by atoms with Crippen molar-refractivity contribution in [1.82, 2.24) is 4.98 Å². The van der Waals surface area contributed by atoms with Crippen molar-refractivity contribution in [3.05, 3.63) is 47.7 Å². The lowest BCUT2D eigenvalue weighted by Crippen LogP contribution is -2.14. The van der Waals surface area contributed by atoms with E-state index in [4.69, 9.17) is 14.6 Å². The predicted octanol–water partition coefficient (Wildman–Crippen LogP) is 1.63. The molecule has 7 heteroatoms. The number of methoxy groups -OCH3 is 1. The van der Waals surface area contributed by atoms with Crippen LogP contribution in [0.1, 0.15) is 11.3 Å². The standard InChI is InChI=1S/C14H16N2O4S/c1-10-6-7-12(13(8-10)21(15,17)18)20-9-11-4-3-5-14(16-11)19-2/h3-8H,9H2,1-2H3,(H2,15,17,18). The van der Waals surface area contributed by atoms with Gasteiger partial charge in [0.25, 0.3) is 0 Å². The van der Waals surface area contributed by atoms with Crippen LogP contribution >= 0.6 is 0 Å². The molecular formula is C14H16N2O4S. The van der Waals surface area contributed by atoms with Gasteiger partial charge in [-0.05, 0) is 30.7 Å². The van der Waals surface area contributed by atoms with Crippen LogP contribution in [0.5, 0.6) is 11.6 Å². The molecule has 1 aromatic carbocycles. The summed E-state index contributed by atoms with van der Waals surface area (Å²) in [6.45, 7) is 1.89. The van der Waals surface area contributed by atoms with Crippen molar-refractivity contribution in [2.45, 2.75) is 18.4 Å². The zero-order valence-corrected chi connectivity index (χ0v) is 12.6. The van der Waals surface area contributed by atoms with Crippen LogP contribution in [0.2, 0.25) is 0 Å². The molecular weight excluding hydrogens is 292 g/mol. The summed E-state index contributed by atoms with van der Waals surface area (Å²) in [6, 6.07) is 10.1. The molecule has 112 valence electrons. The van der Waals surface area contributed by atoms with E-state index >= 15 is 0 Å². The van der Waals surface area contributed by atoms with E-state index in [1.54, 1.807) is 37.3 Å². The fourth-order valence-electron chi connectivity index (χ4n) is 1.76. The Labute approximate surface area is 123 Å². The topological polar surface area (TPSA) is 91.5 Å². The van der Waals surface area contributed by atoms with E-state index in [2.05, 4.69) is 4.98 Å². The maximum atomic E-state index is 11.6. The summed E-state index contributed by atoms with van der Waals surface area (Å²) in [6.07, 6.45) is 0. The molecule has 0 aliphatic carbocycles. The number of aryl methyl sites for hydroxylation is 1. The Morgan fingerprint density at radius 1 is 1.24 bits per heavy atom. The van der Waals surface area contributed by atoms with Crippen LogP contribution in [0.3, 0.4) is 0 Å². The molecule has 0 saturated heterocycles. The van der Waals surface area contributed by atoms with Gasteiger partial charge in [-0.2, -0.15) is 0 Å². The van der Waals surface area contributed by atoms with Crippen molar-refractivity contribution in [3.63, 3.8) is 0 Å². The third-order valence-corrected chi connectivity index (χ3v) is 3.70. The lowest BCUT2D eigenvalue weighted by atomic mass is 10.2. The molecule has 1 heterocycles. The highest BCUT2D eigenvalue weighted by atomic mass is 32.2. The van der Waals surface area contributed by atoms with Crippen LogP contribution in [0.25, 0.3) is 0 Å². The van der Waals surface area contributed by atoms with Gasteiger partial charge < -0.3 is 9.47 Å². The predicted molar refractivity (Wildman–Crippen MR) is 77.7 cm³/mol. The number of hydrogen-bond acceptors (Lipinski definition) is 5. The smallest absolute Gasteiger partial charge is 0.241 e. The van der Waals surface area contributed by atoms with Gasteiger partial charge in [-0.15, -0.1) is 0 Å². The largest absolute Gasteiger partial charge is 0.486 e. The molecule has 2 aromatic rings. The minimum Gasteiger partial charge on any atom is -0.486 e. The van der Waals surface area contributed by atoms with Crippen LogP contribution in [0.4, 0.5) is 0 Å². The Morgan fingerprint density at radius 2 is 2.00 bits per heavy atom. The SMILES string of the molecule is COc1cccc(COc2ccc(C)cc2S(N)(=O)=O)n1. The molecule has 2 N–H and O–H groups in total. The zero-order valence-electron chi connectivity index (χ0n) is 11.7. The van der Waals surface area contributed by atoms with Gasteiger partial charge in [0, 0.05) is 6.07 Å². The summed E-state index contributed by atoms with van der Waals surface area (Å²) in [5, 5.41) is 5.20. The lowest BCUT2D eigenvalue weighted by Gasteiger charge is -2.11. The summed E-state index contributed by atoms with van der Waals surface area (Å²) >= 11 is 0. The molecule has 0 unspecified atom stereocenters. The van der Waals surface area contributed by atoms with Crippen LogP contribution in [-0.2, 0) is 16.6 Å². The van der Waals surface area contributed by atoms with E-state index in [1.807, 2.05) is 0 Å². The number of rotatable bonds is 5. The van der Waals surface area contributed by atoms with Gasteiger partial charge in [-0.25, -0.2) is 18.5 Å². The van der Waals surface area contributed by atoms with Gasteiger partial charge in [0.15, 0.2) is 0 Å². The van der Waals surface area contributed by atoms with E-state index in [9.17, 15) is 8.42 Å². The second-order valence-electron chi connectivity index (χ2n) is 4.46. The molecule has 0 saturated carbocycles. The Hall–Kier alpha value is -2.12. The maximum absolute atomic E-state index is 11.6. The van der Waals surface area contributed by atoms with Crippen LogP contribution in [-0.4, -0.2) is 20.5 Å². The summed E-state index contributed by atoms with van der Waals surface area (Å²) in [5.41, 5.74) is 1.40. The summed E-state index contributed by atoms with van der Waals surface area (Å²) < 4.78 is 33.7. The van der Waals surface area contributed by atoms with Gasteiger partial charge in [0.2, 0.25) is 15.9 Å². The molecule has 0 spiro atoms. The first-order valence-corrected chi connectivity index (χ1v) is 7.71. The lowest BCUT2D eigenvalue weighted by molar-refractivity contribution is 0.290. The fraction of sp³-hybridized carbons (Fsp3) is 0.214. The van der Waals surface area contributed by atoms with Crippen molar-refractivity contribution in [2.75, 3.05) is 7.11 Å². The van der Waals surface area contributed by atoms with Crippen LogP contribution in [0.15, 0.2) is 41.3 Å². The number of sulfonamides is 1. The van der Waals surface area contributed by atoms with Gasteiger partial charge in [0.05, 0.1) is 12.8 Å². The molecule has 1 aromatic heterocycles. The quantitative estimate of drug-likeness (QED) is 0.906. The fourth-order valence-corrected chi connectivity index (χ4v) is 2.52. The Bertz CT molecular complexity index is 744. The maximum Gasteiger partial charge on any atom is 0.241 e. The Balaban J connectivity index is 2.24. The van der Waals surface area contributed by atoms with Crippen molar-refractivity contribution in [2.24, 2.45) is 5.14 Å². The summed E-state index contributed by atoms with van der Waals surface area (Å²) in [7, 11) is -2.32. The average Bonchev–Trinajstić information content (AvgIpc) is 2.45. The normalized spacial score (nSPS) is 11.2. The Morgan fingerprint density at radius 3 is 2.67 bits per heavy atom.